The van der Waals surface area contributed by atoms with E-state index in [1.807, 2.05) is 25.1 Å². The Morgan fingerprint density at radius 1 is 1.05 bits per heavy atom. The van der Waals surface area contributed by atoms with Crippen LogP contribution in [0.4, 0.5) is 8.78 Å². The zero-order valence-corrected chi connectivity index (χ0v) is 14.6. The van der Waals surface area contributed by atoms with Gasteiger partial charge in [0.05, 0.1) is 6.04 Å². The molecule has 1 unspecified atom stereocenters. The quantitative estimate of drug-likeness (QED) is 0.668. The van der Waals surface area contributed by atoms with Crippen LogP contribution >= 0.6 is 31.9 Å². The Labute approximate surface area is 140 Å². The van der Waals surface area contributed by atoms with Crippen LogP contribution in [-0.2, 0) is 0 Å². The smallest absolute Gasteiger partial charge is 0.128 e. The fourth-order valence-electron chi connectivity index (χ4n) is 2.15. The van der Waals surface area contributed by atoms with Gasteiger partial charge in [-0.1, -0.05) is 44.8 Å². The van der Waals surface area contributed by atoms with Crippen molar-refractivity contribution in [3.63, 3.8) is 0 Å². The molecule has 0 aliphatic rings. The molecule has 0 aliphatic heterocycles. The van der Waals surface area contributed by atoms with Gasteiger partial charge in [0.2, 0.25) is 0 Å². The third-order valence-electron chi connectivity index (χ3n) is 3.14. The largest absolute Gasteiger partial charge is 0.306 e. The third kappa shape index (κ3) is 4.11. The fraction of sp³-hybridized carbons (Fsp3) is 0.250. The molecule has 0 heterocycles. The molecule has 0 fully saturated rings. The summed E-state index contributed by atoms with van der Waals surface area (Å²) < 4.78 is 29.4. The maximum Gasteiger partial charge on any atom is 0.128 e. The summed E-state index contributed by atoms with van der Waals surface area (Å²) in [5.74, 6) is -0.859. The lowest BCUT2D eigenvalue weighted by molar-refractivity contribution is 0.534. The van der Waals surface area contributed by atoms with Gasteiger partial charge < -0.3 is 5.32 Å². The minimum atomic E-state index is -0.442. The van der Waals surface area contributed by atoms with E-state index in [0.717, 1.165) is 33.1 Å². The van der Waals surface area contributed by atoms with Crippen molar-refractivity contribution in [3.8, 4) is 0 Å². The Morgan fingerprint density at radius 3 is 2.48 bits per heavy atom. The summed E-state index contributed by atoms with van der Waals surface area (Å²) in [5.41, 5.74) is 1.18. The highest BCUT2D eigenvalue weighted by molar-refractivity contribution is 9.11. The highest BCUT2D eigenvalue weighted by atomic mass is 79.9. The molecule has 1 N–H and O–H groups in total. The number of nitrogens with one attached hydrogen (secondary N) is 1. The molecular formula is C16H15Br2F2N. The molecule has 0 saturated carbocycles. The zero-order chi connectivity index (χ0) is 15.4. The maximum atomic E-state index is 14.1. The van der Waals surface area contributed by atoms with Crippen LogP contribution in [0.15, 0.2) is 45.3 Å². The molecule has 0 aliphatic carbocycles. The second-order valence-electron chi connectivity index (χ2n) is 4.72. The molecule has 0 spiro atoms. The molecule has 0 bridgehead atoms. The van der Waals surface area contributed by atoms with Gasteiger partial charge in [-0.2, -0.15) is 0 Å². The van der Waals surface area contributed by atoms with Crippen molar-refractivity contribution in [2.24, 2.45) is 0 Å². The Bertz CT molecular complexity index is 632. The van der Waals surface area contributed by atoms with Gasteiger partial charge in [0.1, 0.15) is 11.6 Å². The van der Waals surface area contributed by atoms with Crippen molar-refractivity contribution in [3.05, 3.63) is 68.1 Å². The molecule has 1 atom stereocenters. The van der Waals surface area contributed by atoms with Crippen LogP contribution < -0.4 is 5.32 Å². The molecule has 0 radical (unpaired) electrons. The lowest BCUT2D eigenvalue weighted by atomic mass is 9.98. The van der Waals surface area contributed by atoms with Crippen LogP contribution in [0.2, 0.25) is 0 Å². The van der Waals surface area contributed by atoms with Crippen LogP contribution in [0, 0.1) is 11.6 Å². The van der Waals surface area contributed by atoms with E-state index in [-0.39, 0.29) is 0 Å². The van der Waals surface area contributed by atoms with E-state index in [2.05, 4.69) is 37.2 Å². The molecule has 5 heteroatoms. The van der Waals surface area contributed by atoms with Gasteiger partial charge >= 0.3 is 0 Å². The summed E-state index contributed by atoms with van der Waals surface area (Å²) >= 11 is 6.89. The first-order valence-corrected chi connectivity index (χ1v) is 8.24. The van der Waals surface area contributed by atoms with Gasteiger partial charge in [-0.3, -0.25) is 0 Å². The molecule has 2 aromatic rings. The average Bonchev–Trinajstić information content (AvgIpc) is 2.44. The monoisotopic (exact) mass is 417 g/mol. The Hall–Kier alpha value is -0.780. The number of halogens is 4. The Balaban J connectivity index is 2.49. The van der Waals surface area contributed by atoms with Gasteiger partial charge in [0.15, 0.2) is 0 Å². The molecule has 1 nitrogen and oxygen atoms in total. The van der Waals surface area contributed by atoms with Gasteiger partial charge in [0, 0.05) is 14.5 Å². The number of benzene rings is 2. The van der Waals surface area contributed by atoms with Crippen LogP contribution in [0.3, 0.4) is 0 Å². The van der Waals surface area contributed by atoms with Crippen molar-refractivity contribution in [2.45, 2.75) is 19.4 Å². The number of rotatable bonds is 5. The SMILES string of the molecule is CCCNC(c1cc(F)ccc1F)c1ccc(Br)cc1Br. The summed E-state index contributed by atoms with van der Waals surface area (Å²) in [4.78, 5) is 0. The highest BCUT2D eigenvalue weighted by Gasteiger charge is 2.20. The summed E-state index contributed by atoms with van der Waals surface area (Å²) in [6, 6.07) is 8.82. The van der Waals surface area contributed by atoms with Crippen molar-refractivity contribution >= 4 is 31.9 Å². The van der Waals surface area contributed by atoms with Gasteiger partial charge in [-0.05, 0) is 48.9 Å². The van der Waals surface area contributed by atoms with Crippen molar-refractivity contribution in [1.29, 1.82) is 0 Å². The third-order valence-corrected chi connectivity index (χ3v) is 4.32. The van der Waals surface area contributed by atoms with E-state index in [4.69, 9.17) is 0 Å². The topological polar surface area (TPSA) is 12.0 Å². The van der Waals surface area contributed by atoms with Crippen molar-refractivity contribution in [1.82, 2.24) is 5.32 Å². The van der Waals surface area contributed by atoms with E-state index in [0.29, 0.717) is 12.1 Å². The van der Waals surface area contributed by atoms with E-state index in [1.54, 1.807) is 0 Å². The summed E-state index contributed by atoms with van der Waals surface area (Å²) in [6.45, 7) is 2.74. The van der Waals surface area contributed by atoms with E-state index >= 15 is 0 Å². The Morgan fingerprint density at radius 2 is 1.81 bits per heavy atom. The van der Waals surface area contributed by atoms with Crippen LogP contribution in [-0.4, -0.2) is 6.54 Å². The van der Waals surface area contributed by atoms with Crippen molar-refractivity contribution in [2.75, 3.05) is 6.54 Å². The maximum absolute atomic E-state index is 14.1. The highest BCUT2D eigenvalue weighted by Crippen LogP contribution is 2.32. The fourth-order valence-corrected chi connectivity index (χ4v) is 3.42. The number of hydrogen-bond donors (Lipinski definition) is 1. The molecule has 2 rings (SSSR count). The molecule has 2 aromatic carbocycles. The lowest BCUT2D eigenvalue weighted by Crippen LogP contribution is -2.24. The van der Waals surface area contributed by atoms with Crippen LogP contribution in [0.5, 0.6) is 0 Å². The molecule has 0 saturated heterocycles. The standard InChI is InChI=1S/C16H15Br2F2N/c1-2-7-21-16(12-5-3-10(17)8-14(12)18)13-9-11(19)4-6-15(13)20/h3-6,8-9,16,21H,2,7H2,1H3. The van der Waals surface area contributed by atoms with E-state index in [1.165, 1.54) is 6.07 Å². The molecule has 112 valence electrons. The second kappa shape index (κ2) is 7.47. The number of hydrogen-bond acceptors (Lipinski definition) is 1. The first-order valence-electron chi connectivity index (χ1n) is 6.66. The minimum Gasteiger partial charge on any atom is -0.306 e. The summed E-state index contributed by atoms with van der Waals surface area (Å²) in [5, 5.41) is 3.28. The predicted molar refractivity (Wildman–Crippen MR) is 88.3 cm³/mol. The van der Waals surface area contributed by atoms with Gasteiger partial charge in [-0.15, -0.1) is 0 Å². The molecule has 21 heavy (non-hydrogen) atoms. The normalized spacial score (nSPS) is 12.4. The van der Waals surface area contributed by atoms with E-state index in [9.17, 15) is 8.78 Å². The van der Waals surface area contributed by atoms with Gasteiger partial charge in [-0.25, -0.2) is 8.78 Å². The first kappa shape index (κ1) is 16.6. The van der Waals surface area contributed by atoms with Gasteiger partial charge in [0.25, 0.3) is 0 Å². The summed E-state index contributed by atoms with van der Waals surface area (Å²) in [7, 11) is 0. The van der Waals surface area contributed by atoms with Crippen LogP contribution in [0.1, 0.15) is 30.5 Å². The van der Waals surface area contributed by atoms with E-state index < -0.39 is 17.7 Å². The summed E-state index contributed by atoms with van der Waals surface area (Å²) in [6.07, 6.45) is 0.904. The molecular weight excluding hydrogens is 404 g/mol. The van der Waals surface area contributed by atoms with Crippen molar-refractivity contribution < 1.29 is 8.78 Å². The lowest BCUT2D eigenvalue weighted by Gasteiger charge is -2.21. The zero-order valence-electron chi connectivity index (χ0n) is 11.5. The molecule has 0 amide bonds. The first-order chi connectivity index (χ1) is 10.0. The Kier molecular flexibility index (Phi) is 5.90. The average molecular weight is 419 g/mol. The second-order valence-corrected chi connectivity index (χ2v) is 6.49. The minimum absolute atomic E-state index is 0.312. The molecule has 0 aromatic heterocycles. The predicted octanol–water partition coefficient (Wildman–Crippen LogP) is 5.58. The van der Waals surface area contributed by atoms with Crippen LogP contribution in [0.25, 0.3) is 0 Å².